The quantitative estimate of drug-likeness (QED) is 0.763. The number of halogens is 1. The summed E-state index contributed by atoms with van der Waals surface area (Å²) in [5.74, 6) is -0.196. The average Bonchev–Trinajstić information content (AvgIpc) is 2.92. The summed E-state index contributed by atoms with van der Waals surface area (Å²) in [4.78, 5) is 14.9. The monoisotopic (exact) mass is 249 g/mol. The van der Waals surface area contributed by atoms with Crippen LogP contribution in [0.25, 0.3) is 0 Å². The minimum atomic E-state index is -0.450. The third kappa shape index (κ3) is 2.32. The second-order valence-electron chi connectivity index (χ2n) is 5.16. The molecule has 1 aliphatic heterocycles. The number of rotatable bonds is 4. The number of likely N-dealkylation sites (tertiary alicyclic amines) is 1. The van der Waals surface area contributed by atoms with Crippen LogP contribution in [0.5, 0.6) is 0 Å². The van der Waals surface area contributed by atoms with Crippen LogP contribution in [0.3, 0.4) is 0 Å². The Kier molecular flexibility index (Phi) is 3.81. The van der Waals surface area contributed by atoms with Gasteiger partial charge in [0.15, 0.2) is 5.78 Å². The molecule has 1 atom stereocenters. The van der Waals surface area contributed by atoms with E-state index in [0.29, 0.717) is 5.56 Å². The van der Waals surface area contributed by atoms with Gasteiger partial charge in [-0.2, -0.15) is 0 Å². The second kappa shape index (κ2) is 5.19. The lowest BCUT2D eigenvalue weighted by Gasteiger charge is -2.36. The first kappa shape index (κ1) is 13.2. The summed E-state index contributed by atoms with van der Waals surface area (Å²) in [7, 11) is 0. The molecule has 1 saturated heterocycles. The Morgan fingerprint density at radius 3 is 2.33 bits per heavy atom. The number of nitrogens with zero attached hydrogens (tertiary/aromatic N) is 1. The predicted molar refractivity (Wildman–Crippen MR) is 70.2 cm³/mol. The molecule has 1 aromatic rings. The first-order chi connectivity index (χ1) is 8.58. The Bertz CT molecular complexity index is 423. The largest absolute Gasteiger partial charge is 0.292 e. The molecule has 3 heteroatoms. The molecule has 1 aromatic carbocycles. The predicted octanol–water partition coefficient (Wildman–Crippen LogP) is 3.27. The molecular weight excluding hydrogens is 229 g/mol. The molecule has 2 rings (SSSR count). The van der Waals surface area contributed by atoms with Crippen molar-refractivity contribution in [3.8, 4) is 0 Å². The van der Waals surface area contributed by atoms with E-state index in [2.05, 4.69) is 4.90 Å². The lowest BCUT2D eigenvalue weighted by molar-refractivity contribution is 0.0647. The van der Waals surface area contributed by atoms with E-state index in [-0.39, 0.29) is 11.6 Å². The van der Waals surface area contributed by atoms with Gasteiger partial charge in [0, 0.05) is 5.56 Å². The van der Waals surface area contributed by atoms with Gasteiger partial charge in [-0.25, -0.2) is 4.39 Å². The van der Waals surface area contributed by atoms with Gasteiger partial charge < -0.3 is 0 Å². The number of hydrogen-bond donors (Lipinski definition) is 0. The molecule has 0 aromatic heterocycles. The van der Waals surface area contributed by atoms with Crippen LogP contribution < -0.4 is 0 Å². The van der Waals surface area contributed by atoms with E-state index in [0.717, 1.165) is 32.4 Å². The summed E-state index contributed by atoms with van der Waals surface area (Å²) in [6, 6.07) is 5.88. The topological polar surface area (TPSA) is 20.3 Å². The second-order valence-corrected chi connectivity index (χ2v) is 5.16. The molecule has 0 N–H and O–H groups in total. The number of ketones is 1. The third-order valence-electron chi connectivity index (χ3n) is 4.09. The minimum absolute atomic E-state index is 0.104. The summed E-state index contributed by atoms with van der Waals surface area (Å²) in [6.07, 6.45) is 3.10. The lowest BCUT2D eigenvalue weighted by Crippen LogP contribution is -2.50. The Morgan fingerprint density at radius 2 is 1.83 bits per heavy atom. The fourth-order valence-electron chi connectivity index (χ4n) is 2.65. The van der Waals surface area contributed by atoms with Crippen molar-refractivity contribution in [2.45, 2.75) is 38.6 Å². The normalized spacial score (nSPS) is 19.7. The van der Waals surface area contributed by atoms with Crippen LogP contribution in [-0.4, -0.2) is 29.3 Å². The van der Waals surface area contributed by atoms with E-state index in [1.807, 2.05) is 13.8 Å². The van der Waals surface area contributed by atoms with Gasteiger partial charge in [0.2, 0.25) is 0 Å². The summed E-state index contributed by atoms with van der Waals surface area (Å²) in [6.45, 7) is 6.01. The molecule has 1 unspecified atom stereocenters. The maximum absolute atomic E-state index is 12.9. The van der Waals surface area contributed by atoms with Crippen molar-refractivity contribution in [3.05, 3.63) is 35.6 Å². The first-order valence-electron chi connectivity index (χ1n) is 6.63. The molecule has 0 bridgehead atoms. The van der Waals surface area contributed by atoms with Crippen molar-refractivity contribution < 1.29 is 9.18 Å². The van der Waals surface area contributed by atoms with Crippen LogP contribution in [0.4, 0.5) is 4.39 Å². The van der Waals surface area contributed by atoms with E-state index in [9.17, 15) is 9.18 Å². The van der Waals surface area contributed by atoms with Crippen LogP contribution in [0.2, 0.25) is 0 Å². The Morgan fingerprint density at radius 1 is 1.28 bits per heavy atom. The highest BCUT2D eigenvalue weighted by atomic mass is 19.1. The lowest BCUT2D eigenvalue weighted by atomic mass is 9.87. The number of hydrogen-bond acceptors (Lipinski definition) is 2. The molecule has 0 amide bonds. The fourth-order valence-corrected chi connectivity index (χ4v) is 2.65. The zero-order valence-corrected chi connectivity index (χ0v) is 11.1. The standard InChI is InChI=1S/C15H20FNO/c1-3-15(2,17-10-4-5-11-17)14(18)12-6-8-13(16)9-7-12/h6-9H,3-5,10-11H2,1-2H3. The Hall–Kier alpha value is -1.22. The zero-order valence-electron chi connectivity index (χ0n) is 11.1. The average molecular weight is 249 g/mol. The van der Waals surface area contributed by atoms with E-state index in [4.69, 9.17) is 0 Å². The van der Waals surface area contributed by atoms with Gasteiger partial charge in [-0.3, -0.25) is 9.69 Å². The van der Waals surface area contributed by atoms with Crippen LogP contribution in [0, 0.1) is 5.82 Å². The summed E-state index contributed by atoms with van der Waals surface area (Å²) in [5, 5.41) is 0. The van der Waals surface area contributed by atoms with Gasteiger partial charge in [0.1, 0.15) is 5.82 Å². The molecule has 0 saturated carbocycles. The number of Topliss-reactive ketones (excluding diaryl/α,β-unsaturated/α-hetero) is 1. The summed E-state index contributed by atoms with van der Waals surface area (Å²) in [5.41, 5.74) is 0.154. The highest BCUT2D eigenvalue weighted by Crippen LogP contribution is 2.28. The molecule has 0 spiro atoms. The Balaban J connectivity index is 2.26. The van der Waals surface area contributed by atoms with Crippen molar-refractivity contribution in [1.29, 1.82) is 0 Å². The number of carbonyl (C=O) groups excluding carboxylic acids is 1. The Labute approximate surface area is 108 Å². The van der Waals surface area contributed by atoms with Gasteiger partial charge in [-0.05, 0) is 63.5 Å². The minimum Gasteiger partial charge on any atom is -0.292 e. The van der Waals surface area contributed by atoms with Crippen molar-refractivity contribution in [2.24, 2.45) is 0 Å². The van der Waals surface area contributed by atoms with Crippen LogP contribution in [0.1, 0.15) is 43.5 Å². The maximum atomic E-state index is 12.9. The van der Waals surface area contributed by atoms with Gasteiger partial charge in [0.05, 0.1) is 5.54 Å². The van der Waals surface area contributed by atoms with Crippen LogP contribution in [0.15, 0.2) is 24.3 Å². The molecule has 0 radical (unpaired) electrons. The molecule has 2 nitrogen and oxygen atoms in total. The van der Waals surface area contributed by atoms with Crippen molar-refractivity contribution in [1.82, 2.24) is 4.90 Å². The summed E-state index contributed by atoms with van der Waals surface area (Å²) < 4.78 is 12.9. The van der Waals surface area contributed by atoms with Crippen molar-refractivity contribution in [3.63, 3.8) is 0 Å². The van der Waals surface area contributed by atoms with Gasteiger partial charge >= 0.3 is 0 Å². The molecule has 1 aliphatic rings. The van der Waals surface area contributed by atoms with E-state index < -0.39 is 5.54 Å². The molecule has 0 aliphatic carbocycles. The molecule has 98 valence electrons. The van der Waals surface area contributed by atoms with E-state index in [1.165, 1.54) is 12.1 Å². The van der Waals surface area contributed by atoms with Crippen molar-refractivity contribution in [2.75, 3.05) is 13.1 Å². The van der Waals surface area contributed by atoms with Gasteiger partial charge in [0.25, 0.3) is 0 Å². The molecular formula is C15H20FNO. The van der Waals surface area contributed by atoms with Crippen molar-refractivity contribution >= 4 is 5.78 Å². The smallest absolute Gasteiger partial charge is 0.182 e. The van der Waals surface area contributed by atoms with E-state index in [1.54, 1.807) is 12.1 Å². The van der Waals surface area contributed by atoms with Gasteiger partial charge in [-0.15, -0.1) is 0 Å². The SMILES string of the molecule is CCC(C)(C(=O)c1ccc(F)cc1)N1CCCC1. The highest BCUT2D eigenvalue weighted by Gasteiger charge is 2.39. The zero-order chi connectivity index (χ0) is 13.2. The molecule has 1 fully saturated rings. The molecule has 18 heavy (non-hydrogen) atoms. The van der Waals surface area contributed by atoms with E-state index >= 15 is 0 Å². The summed E-state index contributed by atoms with van der Waals surface area (Å²) >= 11 is 0. The van der Waals surface area contributed by atoms with Gasteiger partial charge in [-0.1, -0.05) is 6.92 Å². The first-order valence-corrected chi connectivity index (χ1v) is 6.63. The fraction of sp³-hybridized carbons (Fsp3) is 0.533. The van der Waals surface area contributed by atoms with Crippen LogP contribution in [-0.2, 0) is 0 Å². The number of carbonyl (C=O) groups is 1. The number of benzene rings is 1. The molecule has 1 heterocycles. The maximum Gasteiger partial charge on any atom is 0.182 e. The van der Waals surface area contributed by atoms with Crippen LogP contribution >= 0.6 is 0 Å². The highest BCUT2D eigenvalue weighted by molar-refractivity contribution is 6.02. The third-order valence-corrected chi connectivity index (χ3v) is 4.09.